The second-order valence-electron chi connectivity index (χ2n) is 2.68. The summed E-state index contributed by atoms with van der Waals surface area (Å²) >= 11 is 0. The Bertz CT molecular complexity index is 224. The molecular formula is C6H10BF4N2O-. The second-order valence-corrected chi connectivity index (χ2v) is 2.68. The van der Waals surface area contributed by atoms with Crippen molar-refractivity contribution >= 4 is 13.2 Å². The third kappa shape index (κ3) is 7.44. The van der Waals surface area contributed by atoms with E-state index in [1.165, 1.54) is 0 Å². The molecule has 0 aliphatic carbocycles. The fourth-order valence-corrected chi connectivity index (χ4v) is 0.733. The molecule has 1 heterocycles. The van der Waals surface area contributed by atoms with Crippen molar-refractivity contribution in [3.8, 4) is 0 Å². The predicted molar refractivity (Wildman–Crippen MR) is 44.5 cm³/mol. The van der Waals surface area contributed by atoms with Crippen molar-refractivity contribution in [2.75, 3.05) is 13.7 Å². The number of halogens is 4. The zero-order valence-electron chi connectivity index (χ0n) is 7.75. The van der Waals surface area contributed by atoms with Crippen molar-refractivity contribution in [3.63, 3.8) is 0 Å². The summed E-state index contributed by atoms with van der Waals surface area (Å²) in [5.41, 5.74) is 0. The highest BCUT2D eigenvalue weighted by Crippen LogP contribution is 2.06. The highest BCUT2D eigenvalue weighted by molar-refractivity contribution is 6.50. The molecule has 0 bridgehead atoms. The molecule has 1 rings (SSSR count). The van der Waals surface area contributed by atoms with Crippen molar-refractivity contribution in [2.24, 2.45) is 0 Å². The van der Waals surface area contributed by atoms with Crippen LogP contribution in [0.4, 0.5) is 17.3 Å². The van der Waals surface area contributed by atoms with Crippen molar-refractivity contribution in [1.29, 1.82) is 0 Å². The first-order valence-electron chi connectivity index (χ1n) is 3.73. The molecule has 0 saturated carbocycles. The summed E-state index contributed by atoms with van der Waals surface area (Å²) < 4.78 is 39.0. The first kappa shape index (κ1) is 12.8. The molecule has 8 heteroatoms. The topological polar surface area (TPSA) is 23.6 Å². The van der Waals surface area contributed by atoms with E-state index >= 15 is 0 Å². The molecule has 1 amide bonds. The van der Waals surface area contributed by atoms with Gasteiger partial charge in [-0.25, -0.2) is 0 Å². The summed E-state index contributed by atoms with van der Waals surface area (Å²) in [7, 11) is -4.07. The van der Waals surface area contributed by atoms with Crippen LogP contribution in [0.2, 0.25) is 0 Å². The van der Waals surface area contributed by atoms with Gasteiger partial charge >= 0.3 is 7.25 Å². The number of hydrogen-bond acceptors (Lipinski definition) is 2. The molecule has 14 heavy (non-hydrogen) atoms. The molecule has 0 atom stereocenters. The largest absolute Gasteiger partial charge is 0.673 e. The van der Waals surface area contributed by atoms with Crippen LogP contribution >= 0.6 is 0 Å². The summed E-state index contributed by atoms with van der Waals surface area (Å²) in [4.78, 5) is 14.2. The van der Waals surface area contributed by atoms with E-state index in [1.54, 1.807) is 18.0 Å². The molecule has 1 aliphatic heterocycles. The van der Waals surface area contributed by atoms with Gasteiger partial charge in [0.05, 0.1) is 6.67 Å². The Hall–Kier alpha value is -1.21. The lowest BCUT2D eigenvalue weighted by Gasteiger charge is -2.13. The SMILES string of the molecule is CC(=O)N1C=CN(C)C1.F[B-](F)(F)F. The van der Waals surface area contributed by atoms with E-state index < -0.39 is 7.25 Å². The van der Waals surface area contributed by atoms with E-state index in [4.69, 9.17) is 0 Å². The summed E-state index contributed by atoms with van der Waals surface area (Å²) in [6.45, 7) is 2.25. The summed E-state index contributed by atoms with van der Waals surface area (Å²) in [6.07, 6.45) is 3.66. The maximum Gasteiger partial charge on any atom is 0.673 e. The fraction of sp³-hybridized carbons (Fsp3) is 0.500. The molecule has 0 fully saturated rings. The first-order chi connectivity index (χ1) is 6.20. The minimum absolute atomic E-state index is 0.0931. The number of hydrogen-bond donors (Lipinski definition) is 0. The molecule has 0 aromatic heterocycles. The van der Waals surface area contributed by atoms with Gasteiger partial charge in [-0.05, 0) is 0 Å². The first-order valence-corrected chi connectivity index (χ1v) is 3.73. The van der Waals surface area contributed by atoms with E-state index in [1.807, 2.05) is 18.1 Å². The lowest BCUT2D eigenvalue weighted by Crippen LogP contribution is -2.26. The van der Waals surface area contributed by atoms with Gasteiger partial charge in [0, 0.05) is 26.4 Å². The maximum absolute atomic E-state index is 10.6. The average molecular weight is 213 g/mol. The lowest BCUT2D eigenvalue weighted by molar-refractivity contribution is -0.126. The number of rotatable bonds is 0. The molecular weight excluding hydrogens is 203 g/mol. The third-order valence-corrected chi connectivity index (χ3v) is 1.28. The molecule has 0 aromatic rings. The fourth-order valence-electron chi connectivity index (χ4n) is 0.733. The Labute approximate surface area is 79.1 Å². The number of carbonyl (C=O) groups is 1. The van der Waals surface area contributed by atoms with Crippen LogP contribution < -0.4 is 0 Å². The monoisotopic (exact) mass is 213 g/mol. The van der Waals surface area contributed by atoms with Crippen LogP contribution in [0.15, 0.2) is 12.4 Å². The molecule has 0 aromatic carbocycles. The number of nitrogens with zero attached hydrogens (tertiary/aromatic N) is 2. The zero-order valence-corrected chi connectivity index (χ0v) is 7.75. The normalized spacial score (nSPS) is 15.3. The second kappa shape index (κ2) is 4.87. The summed E-state index contributed by atoms with van der Waals surface area (Å²) in [5, 5.41) is 0. The van der Waals surface area contributed by atoms with Gasteiger partial charge < -0.3 is 22.2 Å². The smallest absolute Gasteiger partial charge is 0.418 e. The van der Waals surface area contributed by atoms with E-state index in [0.717, 1.165) is 0 Å². The lowest BCUT2D eigenvalue weighted by atomic mass is 10.3. The van der Waals surface area contributed by atoms with Crippen molar-refractivity contribution in [2.45, 2.75) is 6.92 Å². The Morgan fingerprint density at radius 2 is 1.71 bits per heavy atom. The van der Waals surface area contributed by atoms with Gasteiger partial charge in [0.2, 0.25) is 5.91 Å². The van der Waals surface area contributed by atoms with Gasteiger partial charge in [0.25, 0.3) is 0 Å². The minimum atomic E-state index is -6.00. The van der Waals surface area contributed by atoms with E-state index in [2.05, 4.69) is 0 Å². The Balaban J connectivity index is 0.000000292. The molecule has 82 valence electrons. The van der Waals surface area contributed by atoms with E-state index in [-0.39, 0.29) is 5.91 Å². The molecule has 3 nitrogen and oxygen atoms in total. The number of amides is 1. The van der Waals surface area contributed by atoms with Gasteiger partial charge in [-0.1, -0.05) is 0 Å². The summed E-state index contributed by atoms with van der Waals surface area (Å²) in [6, 6.07) is 0. The van der Waals surface area contributed by atoms with Crippen molar-refractivity contribution in [3.05, 3.63) is 12.4 Å². The van der Waals surface area contributed by atoms with Crippen LogP contribution in [0.3, 0.4) is 0 Å². The minimum Gasteiger partial charge on any atom is -0.418 e. The van der Waals surface area contributed by atoms with Crippen LogP contribution in [-0.4, -0.2) is 36.7 Å². The highest BCUT2D eigenvalue weighted by Gasteiger charge is 2.20. The molecule has 0 N–H and O–H groups in total. The summed E-state index contributed by atoms with van der Waals surface area (Å²) in [5.74, 6) is 0.0931. The van der Waals surface area contributed by atoms with E-state index in [9.17, 15) is 22.1 Å². The van der Waals surface area contributed by atoms with Crippen LogP contribution in [-0.2, 0) is 4.79 Å². The van der Waals surface area contributed by atoms with Gasteiger partial charge in [-0.2, -0.15) is 0 Å². The van der Waals surface area contributed by atoms with Crippen molar-refractivity contribution in [1.82, 2.24) is 9.80 Å². The molecule has 0 unspecified atom stereocenters. The maximum atomic E-state index is 10.6. The Morgan fingerprint density at radius 1 is 1.29 bits per heavy atom. The van der Waals surface area contributed by atoms with Gasteiger partial charge in [-0.15, -0.1) is 0 Å². The highest BCUT2D eigenvalue weighted by atomic mass is 19.5. The van der Waals surface area contributed by atoms with Crippen LogP contribution in [0.25, 0.3) is 0 Å². The van der Waals surface area contributed by atoms with E-state index in [0.29, 0.717) is 6.67 Å². The van der Waals surface area contributed by atoms with Gasteiger partial charge in [-0.3, -0.25) is 9.69 Å². The molecule has 0 spiro atoms. The van der Waals surface area contributed by atoms with Gasteiger partial charge in [0.15, 0.2) is 0 Å². The molecule has 0 saturated heterocycles. The Kier molecular flexibility index (Phi) is 4.45. The molecule has 0 radical (unpaired) electrons. The quantitative estimate of drug-likeness (QED) is 0.449. The van der Waals surface area contributed by atoms with Crippen molar-refractivity contribution < 1.29 is 22.1 Å². The van der Waals surface area contributed by atoms with Crippen LogP contribution in [0, 0.1) is 0 Å². The third-order valence-electron chi connectivity index (χ3n) is 1.28. The predicted octanol–water partition coefficient (Wildman–Crippen LogP) is 1.51. The average Bonchev–Trinajstić information content (AvgIpc) is 2.31. The molecule has 1 aliphatic rings. The van der Waals surface area contributed by atoms with Gasteiger partial charge in [0.1, 0.15) is 0 Å². The standard InChI is InChI=1S/C6H10N2O.BF4/c1-6(9)8-4-3-7(2)5-8;2-1(3,4)5/h3-4H,5H2,1-2H3;/q;-1. The van der Waals surface area contributed by atoms with Crippen LogP contribution in [0.5, 0.6) is 0 Å². The zero-order chi connectivity index (χ0) is 11.4. The van der Waals surface area contributed by atoms with Crippen LogP contribution in [0.1, 0.15) is 6.92 Å². The Morgan fingerprint density at radius 3 is 1.86 bits per heavy atom. The number of carbonyl (C=O) groups excluding carboxylic acids is 1.